The number of ether oxygens (including phenoxy) is 2. The summed E-state index contributed by atoms with van der Waals surface area (Å²) in [5.74, 6) is -0.695. The lowest BCUT2D eigenvalue weighted by Crippen LogP contribution is -2.39. The minimum Gasteiger partial charge on any atom is -0.463 e. The Kier molecular flexibility index (Phi) is 4.60. The van der Waals surface area contributed by atoms with E-state index in [2.05, 4.69) is 10.1 Å². The maximum atomic E-state index is 12.1. The first-order valence-corrected chi connectivity index (χ1v) is 10.2. The Labute approximate surface area is 164 Å². The lowest BCUT2D eigenvalue weighted by atomic mass is 9.92. The van der Waals surface area contributed by atoms with E-state index in [4.69, 9.17) is 24.3 Å². The monoisotopic (exact) mass is 423 g/mol. The summed E-state index contributed by atoms with van der Waals surface area (Å²) in [5, 5.41) is 14.1. The molecule has 0 aromatic carbocycles. The van der Waals surface area contributed by atoms with E-state index in [1.54, 1.807) is 19.9 Å². The first-order valence-electron chi connectivity index (χ1n) is 8.72. The largest absolute Gasteiger partial charge is 0.473 e. The fraction of sp³-hybridized carbons (Fsp3) is 0.500. The zero-order valence-electron chi connectivity index (χ0n) is 15.5. The van der Waals surface area contributed by atoms with E-state index in [-0.39, 0.29) is 24.0 Å². The normalized spacial score (nSPS) is 33.7. The lowest BCUT2D eigenvalue weighted by molar-refractivity contribution is -0.154. The Morgan fingerprint density at radius 2 is 2.28 bits per heavy atom. The lowest BCUT2D eigenvalue weighted by Gasteiger charge is -2.25. The number of fused-ring (bicyclic) bond motifs is 2. The van der Waals surface area contributed by atoms with E-state index in [9.17, 15) is 19.5 Å². The zero-order chi connectivity index (χ0) is 21.0. The number of nitrogens with two attached hydrogens (primary N) is 1. The van der Waals surface area contributed by atoms with Gasteiger partial charge in [-0.1, -0.05) is 13.8 Å². The van der Waals surface area contributed by atoms with Crippen LogP contribution in [-0.2, 0) is 33.5 Å². The topological polar surface area (TPSA) is 171 Å². The van der Waals surface area contributed by atoms with Crippen LogP contribution in [0, 0.1) is 17.2 Å². The third kappa shape index (κ3) is 3.08. The third-order valence-electron chi connectivity index (χ3n) is 4.79. The van der Waals surface area contributed by atoms with Crippen molar-refractivity contribution >= 4 is 25.1 Å². The van der Waals surface area contributed by atoms with Gasteiger partial charge < -0.3 is 20.1 Å². The molecule has 29 heavy (non-hydrogen) atoms. The van der Waals surface area contributed by atoms with Gasteiger partial charge in [0.05, 0.1) is 11.6 Å². The van der Waals surface area contributed by atoms with E-state index in [0.29, 0.717) is 5.52 Å². The summed E-state index contributed by atoms with van der Waals surface area (Å²) in [4.78, 5) is 25.6. The Morgan fingerprint density at radius 3 is 2.97 bits per heavy atom. The van der Waals surface area contributed by atoms with Gasteiger partial charge in [0.1, 0.15) is 42.8 Å². The Bertz CT molecular complexity index is 1070. The number of hydrogen-bond donors (Lipinski definition) is 2. The predicted molar refractivity (Wildman–Crippen MR) is 94.9 cm³/mol. The molecular weight excluding hydrogens is 405 g/mol. The van der Waals surface area contributed by atoms with Gasteiger partial charge in [0, 0.05) is 0 Å². The molecule has 4 rings (SSSR count). The smallest absolute Gasteiger partial charge is 0.463 e. The number of phosphoric ester groups is 1. The van der Waals surface area contributed by atoms with Gasteiger partial charge in [0.15, 0.2) is 5.82 Å². The first-order chi connectivity index (χ1) is 13.7. The second-order valence-electron chi connectivity index (χ2n) is 7.01. The van der Waals surface area contributed by atoms with Crippen molar-refractivity contribution in [2.75, 3.05) is 12.3 Å². The van der Waals surface area contributed by atoms with Gasteiger partial charge in [-0.3, -0.25) is 13.8 Å². The third-order valence-corrected chi connectivity index (χ3v) is 5.80. The van der Waals surface area contributed by atoms with Gasteiger partial charge in [-0.2, -0.15) is 10.4 Å². The van der Waals surface area contributed by atoms with Crippen LogP contribution in [0.4, 0.5) is 5.82 Å². The fourth-order valence-electron chi connectivity index (χ4n) is 3.43. The maximum absolute atomic E-state index is 12.1. The molecule has 3 N–H and O–H groups in total. The highest BCUT2D eigenvalue weighted by Crippen LogP contribution is 2.61. The van der Waals surface area contributed by atoms with Crippen LogP contribution >= 0.6 is 7.82 Å². The van der Waals surface area contributed by atoms with Gasteiger partial charge in [-0.05, 0) is 12.1 Å². The van der Waals surface area contributed by atoms with Gasteiger partial charge in [0.25, 0.3) is 0 Å². The minimum absolute atomic E-state index is 0.174. The van der Waals surface area contributed by atoms with Gasteiger partial charge in [0.2, 0.25) is 5.60 Å². The minimum atomic E-state index is -4.43. The van der Waals surface area contributed by atoms with Crippen LogP contribution in [0.5, 0.6) is 0 Å². The number of hydrogen-bond acceptors (Lipinski definition) is 10. The molecule has 2 saturated heterocycles. The highest BCUT2D eigenvalue weighted by Gasteiger charge is 2.67. The Balaban J connectivity index is 1.76. The van der Waals surface area contributed by atoms with Gasteiger partial charge in [-0.15, -0.1) is 0 Å². The summed E-state index contributed by atoms with van der Waals surface area (Å²) in [5.41, 5.74) is 4.61. The molecule has 1 unspecified atom stereocenters. The molecule has 0 radical (unpaired) electrons. The Hall–Kier alpha value is -2.55. The van der Waals surface area contributed by atoms with Crippen molar-refractivity contribution in [3.8, 4) is 6.07 Å². The molecule has 0 aliphatic carbocycles. The Morgan fingerprint density at radius 1 is 1.52 bits per heavy atom. The van der Waals surface area contributed by atoms with E-state index in [1.165, 1.54) is 16.9 Å². The van der Waals surface area contributed by atoms with Crippen molar-refractivity contribution in [1.82, 2.24) is 14.6 Å². The number of rotatable bonds is 4. The average molecular weight is 423 g/mol. The quantitative estimate of drug-likeness (QED) is 0.518. The number of aromatic nitrogens is 3. The molecule has 2 aliphatic rings. The van der Waals surface area contributed by atoms with Crippen LogP contribution in [0.25, 0.3) is 5.52 Å². The van der Waals surface area contributed by atoms with Crippen molar-refractivity contribution in [2.24, 2.45) is 5.92 Å². The van der Waals surface area contributed by atoms with Crippen LogP contribution in [0.15, 0.2) is 18.5 Å². The average Bonchev–Trinajstić information content (AvgIpc) is 3.31. The second kappa shape index (κ2) is 6.76. The van der Waals surface area contributed by atoms with Crippen LogP contribution in [0.1, 0.15) is 19.5 Å². The van der Waals surface area contributed by atoms with E-state index >= 15 is 0 Å². The number of carbonyl (C=O) groups excluding carboxylic acids is 1. The summed E-state index contributed by atoms with van der Waals surface area (Å²) in [6.45, 7) is 3.04. The van der Waals surface area contributed by atoms with Crippen LogP contribution in [0.3, 0.4) is 0 Å². The van der Waals surface area contributed by atoms with Crippen molar-refractivity contribution in [1.29, 1.82) is 5.26 Å². The molecule has 0 saturated carbocycles. The van der Waals surface area contributed by atoms with Crippen LogP contribution in [-0.4, -0.2) is 50.4 Å². The van der Waals surface area contributed by atoms with Crippen molar-refractivity contribution in [2.45, 2.75) is 37.8 Å². The molecular formula is C16H18N5O7P. The number of esters is 1. The summed E-state index contributed by atoms with van der Waals surface area (Å²) >= 11 is 0. The highest BCUT2D eigenvalue weighted by molar-refractivity contribution is 7.47. The number of nitrogen functional groups attached to an aromatic ring is 1. The molecule has 0 bridgehead atoms. The molecule has 4 heterocycles. The summed E-state index contributed by atoms with van der Waals surface area (Å²) < 4.78 is 34.9. The number of phosphoric acid groups is 1. The molecule has 154 valence electrons. The van der Waals surface area contributed by atoms with Crippen molar-refractivity contribution in [3.05, 3.63) is 24.2 Å². The van der Waals surface area contributed by atoms with Gasteiger partial charge >= 0.3 is 13.8 Å². The van der Waals surface area contributed by atoms with Crippen LogP contribution in [0.2, 0.25) is 0 Å². The molecule has 2 aromatic heterocycles. The molecule has 2 aliphatic heterocycles. The number of carbonyl (C=O) groups is 1. The summed E-state index contributed by atoms with van der Waals surface area (Å²) in [6.07, 6.45) is -2.20. The fourth-order valence-corrected chi connectivity index (χ4v) is 4.58. The van der Waals surface area contributed by atoms with Gasteiger partial charge in [-0.25, -0.2) is 14.1 Å². The molecule has 0 spiro atoms. The molecule has 13 heteroatoms. The number of anilines is 1. The van der Waals surface area contributed by atoms with E-state index in [0.717, 1.165) is 0 Å². The maximum Gasteiger partial charge on any atom is 0.473 e. The zero-order valence-corrected chi connectivity index (χ0v) is 16.4. The summed E-state index contributed by atoms with van der Waals surface area (Å²) in [6, 6.07) is 5.14. The van der Waals surface area contributed by atoms with E-state index < -0.39 is 37.7 Å². The number of nitrogens with zero attached hydrogens (tertiary/aromatic N) is 4. The molecule has 2 fully saturated rings. The second-order valence-corrected chi connectivity index (χ2v) is 8.37. The highest BCUT2D eigenvalue weighted by atomic mass is 31.2. The van der Waals surface area contributed by atoms with Crippen molar-refractivity contribution < 1.29 is 32.8 Å². The van der Waals surface area contributed by atoms with Crippen LogP contribution < -0.4 is 5.73 Å². The van der Waals surface area contributed by atoms with Crippen molar-refractivity contribution in [3.63, 3.8) is 0 Å². The molecule has 2 aromatic rings. The van der Waals surface area contributed by atoms with E-state index in [1.807, 2.05) is 6.07 Å². The predicted octanol–water partition coefficient (Wildman–Crippen LogP) is 0.513. The standard InChI is InChI=1S/C16H18N5O7P/c1-8(2)15(22)25-5-10-12-13(28-29(23,24)27-12)16(6-17,26-10)11-4-3-9-14(18)19-7-20-21(9)11/h3-4,7-8,10,12-13H,5H2,1-2H3,(H,23,24)(H2,18,19,20)/t10-,12-,13-,16+/m1/s1. The summed E-state index contributed by atoms with van der Waals surface area (Å²) in [7, 11) is -4.43. The number of nitriles is 1. The molecule has 12 nitrogen and oxygen atoms in total. The SMILES string of the molecule is CC(C)C(=O)OC[C@H]1O[C@@](C#N)(c2ccc3c(N)ncnn23)[C@@H]2OP(=O)(O)O[C@@H]21. The first kappa shape index (κ1) is 19.8. The molecule has 0 amide bonds. The molecule has 5 atom stereocenters.